The number of aryl methyl sites for hydroxylation is 2. The molecule has 0 radical (unpaired) electrons. The predicted octanol–water partition coefficient (Wildman–Crippen LogP) is 5.06. The van der Waals surface area contributed by atoms with Crippen LogP contribution in [0, 0.1) is 13.8 Å². The minimum atomic E-state index is -0.340. The van der Waals surface area contributed by atoms with E-state index in [4.69, 9.17) is 9.47 Å². The Morgan fingerprint density at radius 2 is 1.71 bits per heavy atom. The van der Waals surface area contributed by atoms with Gasteiger partial charge in [0, 0.05) is 5.69 Å². The summed E-state index contributed by atoms with van der Waals surface area (Å²) >= 11 is 0. The fraction of sp³-hybridized carbons (Fsp3) is 0.391. The number of carbonyl (C=O) groups excluding carboxylic acids is 2. The molecule has 0 bridgehead atoms. The molecular weight excluding hydrogens is 354 g/mol. The molecular formula is C23H29NO4. The summed E-state index contributed by atoms with van der Waals surface area (Å²) in [5.74, 6) is 0.0940. The molecule has 1 N–H and O–H groups in total. The monoisotopic (exact) mass is 383 g/mol. The van der Waals surface area contributed by atoms with E-state index in [2.05, 4.69) is 12.2 Å². The van der Waals surface area contributed by atoms with Crippen molar-refractivity contribution in [3.63, 3.8) is 0 Å². The van der Waals surface area contributed by atoms with Crippen LogP contribution in [0.5, 0.6) is 5.75 Å². The molecule has 5 nitrogen and oxygen atoms in total. The fourth-order valence-electron chi connectivity index (χ4n) is 2.77. The van der Waals surface area contributed by atoms with E-state index < -0.39 is 0 Å². The van der Waals surface area contributed by atoms with Gasteiger partial charge in [0.1, 0.15) is 5.75 Å². The van der Waals surface area contributed by atoms with E-state index in [-0.39, 0.29) is 18.5 Å². The number of hydrogen-bond donors (Lipinski definition) is 1. The normalized spacial score (nSPS) is 10.4. The number of rotatable bonds is 10. The average Bonchev–Trinajstić information content (AvgIpc) is 2.67. The Morgan fingerprint density at radius 1 is 0.964 bits per heavy atom. The molecule has 1 amide bonds. The van der Waals surface area contributed by atoms with E-state index >= 15 is 0 Å². The van der Waals surface area contributed by atoms with Crippen molar-refractivity contribution in [3.8, 4) is 5.75 Å². The first-order chi connectivity index (χ1) is 13.5. The maximum atomic E-state index is 12.1. The molecule has 0 atom stereocenters. The van der Waals surface area contributed by atoms with Crippen LogP contribution in [0.1, 0.15) is 54.1 Å². The lowest BCUT2D eigenvalue weighted by molar-refractivity contribution is -0.118. The molecule has 0 aliphatic carbocycles. The number of nitrogens with one attached hydrogen (secondary N) is 1. The molecule has 28 heavy (non-hydrogen) atoms. The van der Waals surface area contributed by atoms with Gasteiger partial charge in [0.2, 0.25) is 0 Å². The zero-order chi connectivity index (χ0) is 20.4. The van der Waals surface area contributed by atoms with Crippen LogP contribution in [-0.4, -0.2) is 25.1 Å². The maximum absolute atomic E-state index is 12.1. The zero-order valence-corrected chi connectivity index (χ0v) is 16.9. The van der Waals surface area contributed by atoms with E-state index in [1.807, 2.05) is 32.0 Å². The first kappa shape index (κ1) is 21.5. The van der Waals surface area contributed by atoms with Gasteiger partial charge in [-0.1, -0.05) is 43.9 Å². The van der Waals surface area contributed by atoms with Crippen LogP contribution in [0.3, 0.4) is 0 Å². The number of unbranched alkanes of at least 4 members (excludes halogenated alkanes) is 3. The maximum Gasteiger partial charge on any atom is 0.338 e. The van der Waals surface area contributed by atoms with Gasteiger partial charge in [0.05, 0.1) is 12.2 Å². The standard InChI is InChI=1S/C23H29NO4/c1-4-5-6-7-14-27-23(26)19-9-11-20(12-10-19)24-22(25)16-28-21-13-8-17(2)15-18(21)3/h8-13,15H,4-7,14,16H2,1-3H3,(H,24,25). The van der Waals surface area contributed by atoms with Crippen LogP contribution in [0.2, 0.25) is 0 Å². The van der Waals surface area contributed by atoms with Crippen molar-refractivity contribution < 1.29 is 19.1 Å². The van der Waals surface area contributed by atoms with Crippen LogP contribution >= 0.6 is 0 Å². The molecule has 2 aromatic rings. The van der Waals surface area contributed by atoms with Crippen LogP contribution in [0.15, 0.2) is 42.5 Å². The van der Waals surface area contributed by atoms with Gasteiger partial charge >= 0.3 is 5.97 Å². The second kappa shape index (κ2) is 11.1. The highest BCUT2D eigenvalue weighted by Crippen LogP contribution is 2.18. The Bertz CT molecular complexity index is 784. The highest BCUT2D eigenvalue weighted by Gasteiger charge is 2.09. The highest BCUT2D eigenvalue weighted by molar-refractivity contribution is 5.93. The molecule has 0 unspecified atom stereocenters. The third-order valence-corrected chi connectivity index (χ3v) is 4.32. The SMILES string of the molecule is CCCCCCOC(=O)c1ccc(NC(=O)COc2ccc(C)cc2C)cc1. The third kappa shape index (κ3) is 7.06. The first-order valence-electron chi connectivity index (χ1n) is 9.76. The summed E-state index contributed by atoms with van der Waals surface area (Å²) in [6.45, 7) is 6.46. The first-order valence-corrected chi connectivity index (χ1v) is 9.76. The van der Waals surface area contributed by atoms with Crippen LogP contribution < -0.4 is 10.1 Å². The Kier molecular flexibility index (Phi) is 8.53. The summed E-state index contributed by atoms with van der Waals surface area (Å²) in [6, 6.07) is 12.5. The zero-order valence-electron chi connectivity index (χ0n) is 16.9. The largest absolute Gasteiger partial charge is 0.483 e. The van der Waals surface area contributed by atoms with Crippen molar-refractivity contribution in [3.05, 3.63) is 59.2 Å². The molecule has 0 saturated carbocycles. The Balaban J connectivity index is 1.78. The van der Waals surface area contributed by atoms with Gasteiger partial charge in [0.25, 0.3) is 5.91 Å². The van der Waals surface area contributed by atoms with Gasteiger partial charge in [-0.2, -0.15) is 0 Å². The van der Waals surface area contributed by atoms with Crippen LogP contribution in [-0.2, 0) is 9.53 Å². The molecule has 0 aromatic heterocycles. The van der Waals surface area contributed by atoms with Crippen LogP contribution in [0.25, 0.3) is 0 Å². The number of hydrogen-bond acceptors (Lipinski definition) is 4. The molecule has 0 heterocycles. The van der Waals surface area contributed by atoms with E-state index in [0.717, 1.165) is 36.8 Å². The second-order valence-corrected chi connectivity index (χ2v) is 6.88. The van der Waals surface area contributed by atoms with Crippen molar-refractivity contribution in [2.45, 2.75) is 46.5 Å². The lowest BCUT2D eigenvalue weighted by Gasteiger charge is -2.10. The van der Waals surface area contributed by atoms with Crippen molar-refractivity contribution in [1.82, 2.24) is 0 Å². The molecule has 0 fully saturated rings. The topological polar surface area (TPSA) is 64.6 Å². The summed E-state index contributed by atoms with van der Waals surface area (Å²) in [5, 5.41) is 2.76. The highest BCUT2D eigenvalue weighted by atomic mass is 16.5. The summed E-state index contributed by atoms with van der Waals surface area (Å²) in [6.07, 6.45) is 4.25. The minimum Gasteiger partial charge on any atom is -0.483 e. The number of ether oxygens (including phenoxy) is 2. The van der Waals surface area contributed by atoms with Gasteiger partial charge in [-0.25, -0.2) is 4.79 Å². The quantitative estimate of drug-likeness (QED) is 0.460. The lowest BCUT2D eigenvalue weighted by atomic mass is 10.1. The molecule has 0 spiro atoms. The van der Waals surface area contributed by atoms with Gasteiger partial charge in [-0.15, -0.1) is 0 Å². The van der Waals surface area contributed by atoms with Gasteiger partial charge < -0.3 is 14.8 Å². The van der Waals surface area contributed by atoms with Crippen molar-refractivity contribution >= 4 is 17.6 Å². The van der Waals surface area contributed by atoms with Crippen molar-refractivity contribution in [2.24, 2.45) is 0 Å². The summed E-state index contributed by atoms with van der Waals surface area (Å²) in [5.41, 5.74) is 3.22. The number of benzene rings is 2. The summed E-state index contributed by atoms with van der Waals surface area (Å²) in [7, 11) is 0. The molecule has 2 aromatic carbocycles. The molecule has 150 valence electrons. The fourth-order valence-corrected chi connectivity index (χ4v) is 2.77. The molecule has 0 aliphatic rings. The number of esters is 1. The number of amides is 1. The van der Waals surface area contributed by atoms with E-state index in [9.17, 15) is 9.59 Å². The Labute approximate surface area is 167 Å². The molecule has 2 rings (SSSR count). The second-order valence-electron chi connectivity index (χ2n) is 6.88. The predicted molar refractivity (Wildman–Crippen MR) is 111 cm³/mol. The summed E-state index contributed by atoms with van der Waals surface area (Å²) in [4.78, 5) is 24.1. The third-order valence-electron chi connectivity index (χ3n) is 4.32. The molecule has 5 heteroatoms. The van der Waals surface area contributed by atoms with E-state index in [1.165, 1.54) is 0 Å². The smallest absolute Gasteiger partial charge is 0.338 e. The van der Waals surface area contributed by atoms with Crippen molar-refractivity contribution in [1.29, 1.82) is 0 Å². The van der Waals surface area contributed by atoms with Crippen LogP contribution in [0.4, 0.5) is 5.69 Å². The van der Waals surface area contributed by atoms with E-state index in [1.54, 1.807) is 24.3 Å². The number of carbonyl (C=O) groups is 2. The lowest BCUT2D eigenvalue weighted by Crippen LogP contribution is -2.20. The Hall–Kier alpha value is -2.82. The molecule has 0 aliphatic heterocycles. The van der Waals surface area contributed by atoms with Gasteiger partial charge in [-0.3, -0.25) is 4.79 Å². The molecule has 0 saturated heterocycles. The average molecular weight is 383 g/mol. The summed E-state index contributed by atoms with van der Waals surface area (Å²) < 4.78 is 10.8. The van der Waals surface area contributed by atoms with Gasteiger partial charge in [-0.05, 0) is 56.2 Å². The number of anilines is 1. The minimum absolute atomic E-state index is 0.0779. The van der Waals surface area contributed by atoms with Crippen molar-refractivity contribution in [2.75, 3.05) is 18.5 Å². The van der Waals surface area contributed by atoms with E-state index in [0.29, 0.717) is 23.6 Å². The van der Waals surface area contributed by atoms with Gasteiger partial charge in [0.15, 0.2) is 6.61 Å². The Morgan fingerprint density at radius 3 is 2.39 bits per heavy atom.